The number of para-hydroxylation sites is 3. The van der Waals surface area contributed by atoms with Crippen molar-refractivity contribution in [2.45, 2.75) is 35.5 Å². The third-order valence-electron chi connectivity index (χ3n) is 5.43. The molecule has 0 atom stereocenters. The van der Waals surface area contributed by atoms with E-state index in [0.29, 0.717) is 0 Å². The van der Waals surface area contributed by atoms with Crippen molar-refractivity contribution in [1.82, 2.24) is 15.0 Å². The largest absolute Gasteiger partial charge is 3.00 e. The van der Waals surface area contributed by atoms with Crippen LogP contribution in [0.25, 0.3) is 32.7 Å². The fraction of sp³-hybridized carbons (Fsp3) is 0.100. The summed E-state index contributed by atoms with van der Waals surface area (Å²) in [6.07, 6.45) is 5.54. The second-order valence-electron chi connectivity index (χ2n) is 8.52. The van der Waals surface area contributed by atoms with E-state index >= 15 is 0 Å². The molecule has 37 heavy (non-hydrogen) atoms. The molecule has 0 aliphatic rings. The van der Waals surface area contributed by atoms with Crippen LogP contribution < -0.4 is 0 Å². The van der Waals surface area contributed by atoms with Gasteiger partial charge >= 0.3 is 19.5 Å². The van der Waals surface area contributed by atoms with E-state index < -0.39 is 0 Å². The second-order valence-corrected chi connectivity index (χ2v) is 9.84. The molecule has 0 bridgehead atoms. The molecular weight excluding hydrogens is 601 g/mol. The Balaban J connectivity index is 0.000000152. The van der Waals surface area contributed by atoms with Crippen LogP contribution in [0.4, 0.5) is 0 Å². The monoisotopic (exact) mass is 625 g/mol. The summed E-state index contributed by atoms with van der Waals surface area (Å²) in [6, 6.07) is 24.0. The average Bonchev–Trinajstić information content (AvgIpc) is 2.85. The molecule has 7 heteroatoms. The first-order valence-electron chi connectivity index (χ1n) is 11.4. The van der Waals surface area contributed by atoms with Crippen LogP contribution >= 0.6 is 0 Å². The number of pyridine rings is 3. The van der Waals surface area contributed by atoms with Gasteiger partial charge in [0.15, 0.2) is 0 Å². The van der Waals surface area contributed by atoms with Gasteiger partial charge in [-0.25, -0.2) is 0 Å². The maximum atomic E-state index is 5.13. The van der Waals surface area contributed by atoms with E-state index in [0.717, 1.165) is 47.4 Å². The molecule has 3 nitrogen and oxygen atoms in total. The molecule has 0 amide bonds. The van der Waals surface area contributed by atoms with Gasteiger partial charge in [0.25, 0.3) is 0 Å². The molecule has 6 aromatic rings. The van der Waals surface area contributed by atoms with E-state index in [1.165, 1.54) is 16.7 Å². The van der Waals surface area contributed by atoms with Gasteiger partial charge in [0, 0.05) is 18.6 Å². The number of aryl methyl sites for hydroxylation is 3. The van der Waals surface area contributed by atoms with Crippen molar-refractivity contribution >= 4 is 70.6 Å². The number of aromatic nitrogens is 3. The Hall–Kier alpha value is -2.83. The average molecular weight is 626 g/mol. The molecule has 0 spiro atoms. The molecular formula is C30H24N3RhS3. The van der Waals surface area contributed by atoms with E-state index in [9.17, 15) is 0 Å². The van der Waals surface area contributed by atoms with Crippen molar-refractivity contribution in [1.29, 1.82) is 0 Å². The molecule has 0 aliphatic heterocycles. The number of nitrogens with zero attached hydrogens (tertiary/aromatic N) is 3. The van der Waals surface area contributed by atoms with Crippen molar-refractivity contribution in [3.63, 3.8) is 0 Å². The molecule has 3 aromatic carbocycles. The molecule has 0 N–H and O–H groups in total. The minimum atomic E-state index is 0. The normalized spacial score (nSPS) is 10.1. The zero-order valence-electron chi connectivity index (χ0n) is 20.6. The van der Waals surface area contributed by atoms with Crippen molar-refractivity contribution in [3.05, 3.63) is 108 Å². The Bertz CT molecular complexity index is 1470. The minimum absolute atomic E-state index is 0. The first-order chi connectivity index (χ1) is 17.3. The molecule has 3 aromatic heterocycles. The van der Waals surface area contributed by atoms with E-state index in [-0.39, 0.29) is 19.5 Å². The van der Waals surface area contributed by atoms with Crippen LogP contribution in [0.2, 0.25) is 0 Å². The molecule has 0 fully saturated rings. The van der Waals surface area contributed by atoms with Gasteiger partial charge in [0.2, 0.25) is 0 Å². The van der Waals surface area contributed by atoms with Gasteiger partial charge in [0.1, 0.15) is 0 Å². The van der Waals surface area contributed by atoms with Crippen LogP contribution in [0.15, 0.2) is 106 Å². The summed E-state index contributed by atoms with van der Waals surface area (Å²) >= 11 is 15.4. The van der Waals surface area contributed by atoms with E-state index in [4.69, 9.17) is 37.9 Å². The van der Waals surface area contributed by atoms with Crippen LogP contribution in [0.5, 0.6) is 0 Å². The smallest absolute Gasteiger partial charge is 0.778 e. The summed E-state index contributed by atoms with van der Waals surface area (Å²) in [6.45, 7) is 6.09. The van der Waals surface area contributed by atoms with Gasteiger partial charge < -0.3 is 37.9 Å². The Morgan fingerprint density at radius 3 is 1.00 bits per heavy atom. The topological polar surface area (TPSA) is 38.7 Å². The Labute approximate surface area is 247 Å². The molecule has 0 radical (unpaired) electrons. The fourth-order valence-corrected chi connectivity index (χ4v) is 4.48. The summed E-state index contributed by atoms with van der Waals surface area (Å²) < 4.78 is 0. The third-order valence-corrected chi connectivity index (χ3v) is 6.42. The van der Waals surface area contributed by atoms with E-state index in [1.807, 2.05) is 94.0 Å². The van der Waals surface area contributed by atoms with Crippen molar-refractivity contribution in [3.8, 4) is 0 Å². The number of rotatable bonds is 0. The van der Waals surface area contributed by atoms with Gasteiger partial charge in [-0.3, -0.25) is 15.0 Å². The summed E-state index contributed by atoms with van der Waals surface area (Å²) in [7, 11) is 0. The summed E-state index contributed by atoms with van der Waals surface area (Å²) in [5, 5.41) is 3.38. The quantitative estimate of drug-likeness (QED) is 0.130. The molecule has 186 valence electrons. The van der Waals surface area contributed by atoms with Gasteiger partial charge in [-0.05, 0) is 71.8 Å². The second kappa shape index (κ2) is 13.1. The predicted octanol–water partition coefficient (Wildman–Crippen LogP) is 7.34. The van der Waals surface area contributed by atoms with E-state index in [2.05, 4.69) is 33.2 Å². The molecule has 0 unspecified atom stereocenters. The standard InChI is InChI=1S/3C10H9NS.Rh/c3*1-7-5-8-3-2-4-9(12)10(8)11-6-7;/h3*2-6,12H,1H3;/q;;;+3/p-3. The maximum absolute atomic E-state index is 5.13. The summed E-state index contributed by atoms with van der Waals surface area (Å²) in [5.41, 5.74) is 6.30. The van der Waals surface area contributed by atoms with Gasteiger partial charge in [-0.1, -0.05) is 54.6 Å². The number of benzene rings is 3. The molecule has 3 heterocycles. The van der Waals surface area contributed by atoms with Crippen molar-refractivity contribution in [2.75, 3.05) is 0 Å². The van der Waals surface area contributed by atoms with Crippen molar-refractivity contribution < 1.29 is 19.5 Å². The van der Waals surface area contributed by atoms with Crippen molar-refractivity contribution in [2.24, 2.45) is 0 Å². The van der Waals surface area contributed by atoms with Crippen LogP contribution in [0.1, 0.15) is 16.7 Å². The number of fused-ring (bicyclic) bond motifs is 3. The van der Waals surface area contributed by atoms with Gasteiger partial charge in [0.05, 0.1) is 16.6 Å². The molecule has 6 rings (SSSR count). The Morgan fingerprint density at radius 2 is 0.730 bits per heavy atom. The van der Waals surface area contributed by atoms with Crippen LogP contribution in [-0.4, -0.2) is 15.0 Å². The van der Waals surface area contributed by atoms with Crippen LogP contribution in [0.3, 0.4) is 0 Å². The molecule has 0 saturated carbocycles. The first kappa shape index (κ1) is 28.7. The Morgan fingerprint density at radius 1 is 0.459 bits per heavy atom. The van der Waals surface area contributed by atoms with E-state index in [1.54, 1.807) is 0 Å². The zero-order chi connectivity index (χ0) is 25.7. The van der Waals surface area contributed by atoms with Crippen LogP contribution in [0, 0.1) is 20.8 Å². The SMILES string of the molecule is Cc1cnc2c([S-])cccc2c1.Cc1cnc2c([S-])cccc2c1.Cc1cnc2c([S-])cccc2c1.[Rh+3]. The minimum Gasteiger partial charge on any atom is -0.778 e. The fourth-order valence-electron chi connectivity index (χ4n) is 3.73. The molecule has 0 saturated heterocycles. The zero-order valence-corrected chi connectivity index (χ0v) is 24.6. The summed E-state index contributed by atoms with van der Waals surface area (Å²) in [5.74, 6) is 0. The van der Waals surface area contributed by atoms with Crippen LogP contribution in [-0.2, 0) is 57.4 Å². The molecule has 0 aliphatic carbocycles. The Kier molecular flexibility index (Phi) is 10.2. The number of hydrogen-bond acceptors (Lipinski definition) is 6. The maximum Gasteiger partial charge on any atom is 3.00 e. The number of hydrogen-bond donors (Lipinski definition) is 0. The van der Waals surface area contributed by atoms with Gasteiger partial charge in [-0.2, -0.15) is 0 Å². The third kappa shape index (κ3) is 7.36. The first-order valence-corrected chi connectivity index (χ1v) is 12.6. The summed E-state index contributed by atoms with van der Waals surface area (Å²) in [4.78, 5) is 15.3. The van der Waals surface area contributed by atoms with Gasteiger partial charge in [-0.15, -0.1) is 14.7 Å². The predicted molar refractivity (Wildman–Crippen MR) is 156 cm³/mol.